The van der Waals surface area contributed by atoms with Crippen molar-refractivity contribution in [1.29, 1.82) is 0 Å². The number of likely N-dealkylation sites (tertiary alicyclic amines) is 1. The van der Waals surface area contributed by atoms with Gasteiger partial charge < -0.3 is 15.0 Å². The second-order valence-electron chi connectivity index (χ2n) is 5.22. The molecule has 16 heavy (non-hydrogen) atoms. The number of ether oxygens (including phenoxy) is 1. The van der Waals surface area contributed by atoms with E-state index >= 15 is 0 Å². The van der Waals surface area contributed by atoms with Crippen LogP contribution in [-0.4, -0.2) is 50.3 Å². The monoisotopic (exact) mass is 226 g/mol. The predicted octanol–water partition coefficient (Wildman–Crippen LogP) is 1.49. The summed E-state index contributed by atoms with van der Waals surface area (Å²) in [7, 11) is 0. The van der Waals surface area contributed by atoms with Crippen LogP contribution in [0, 0.1) is 5.92 Å². The summed E-state index contributed by atoms with van der Waals surface area (Å²) in [5, 5.41) is 3.53. The lowest BCUT2D eigenvalue weighted by Gasteiger charge is -2.16. The predicted molar refractivity (Wildman–Crippen MR) is 66.7 cm³/mol. The average molecular weight is 226 g/mol. The Bertz CT molecular complexity index is 194. The summed E-state index contributed by atoms with van der Waals surface area (Å²) >= 11 is 0. The standard InChI is InChI=1S/C13H26N2O/c1-2-14-13-6-8-15(10-13)7-3-9-16-11-12-4-5-12/h12-14H,2-11H2,1H3. The third-order valence-electron chi connectivity index (χ3n) is 3.58. The van der Waals surface area contributed by atoms with Crippen molar-refractivity contribution in [3.63, 3.8) is 0 Å². The summed E-state index contributed by atoms with van der Waals surface area (Å²) in [6.07, 6.45) is 5.31. The second kappa shape index (κ2) is 6.58. The van der Waals surface area contributed by atoms with Gasteiger partial charge in [0.25, 0.3) is 0 Å². The van der Waals surface area contributed by atoms with E-state index in [9.17, 15) is 0 Å². The summed E-state index contributed by atoms with van der Waals surface area (Å²) in [6.45, 7) is 8.97. The highest BCUT2D eigenvalue weighted by Gasteiger charge is 2.22. The molecule has 3 heteroatoms. The van der Waals surface area contributed by atoms with Crippen molar-refractivity contribution >= 4 is 0 Å². The highest BCUT2D eigenvalue weighted by molar-refractivity contribution is 4.80. The van der Waals surface area contributed by atoms with E-state index in [4.69, 9.17) is 4.74 Å². The van der Waals surface area contributed by atoms with Gasteiger partial charge in [0.05, 0.1) is 0 Å². The van der Waals surface area contributed by atoms with Crippen LogP contribution in [0.5, 0.6) is 0 Å². The molecule has 0 amide bonds. The maximum atomic E-state index is 5.65. The van der Waals surface area contributed by atoms with Crippen molar-refractivity contribution in [2.45, 2.75) is 38.6 Å². The molecule has 0 aromatic carbocycles. The highest BCUT2D eigenvalue weighted by Crippen LogP contribution is 2.28. The molecule has 0 aromatic rings. The maximum absolute atomic E-state index is 5.65. The molecule has 1 aliphatic heterocycles. The van der Waals surface area contributed by atoms with Crippen molar-refractivity contribution < 1.29 is 4.74 Å². The number of nitrogens with one attached hydrogen (secondary N) is 1. The van der Waals surface area contributed by atoms with E-state index in [0.29, 0.717) is 0 Å². The van der Waals surface area contributed by atoms with Crippen LogP contribution in [0.15, 0.2) is 0 Å². The summed E-state index contributed by atoms with van der Waals surface area (Å²) in [5.41, 5.74) is 0. The van der Waals surface area contributed by atoms with Crippen LogP contribution in [-0.2, 0) is 4.74 Å². The van der Waals surface area contributed by atoms with Gasteiger partial charge in [0, 0.05) is 32.3 Å². The van der Waals surface area contributed by atoms with Crippen molar-refractivity contribution in [2.24, 2.45) is 5.92 Å². The minimum atomic E-state index is 0.734. The molecule has 1 saturated carbocycles. The minimum Gasteiger partial charge on any atom is -0.381 e. The Kier molecular flexibility index (Phi) is 5.07. The number of hydrogen-bond acceptors (Lipinski definition) is 3. The van der Waals surface area contributed by atoms with Gasteiger partial charge in [-0.05, 0) is 44.7 Å². The zero-order valence-electron chi connectivity index (χ0n) is 10.6. The van der Waals surface area contributed by atoms with Crippen molar-refractivity contribution in [2.75, 3.05) is 39.4 Å². The van der Waals surface area contributed by atoms with Gasteiger partial charge in [-0.15, -0.1) is 0 Å². The SMILES string of the molecule is CCNC1CCN(CCCOCC2CC2)C1. The van der Waals surface area contributed by atoms with Crippen LogP contribution in [0.2, 0.25) is 0 Å². The molecule has 1 N–H and O–H groups in total. The number of rotatable bonds is 8. The normalized spacial score (nSPS) is 26.4. The third kappa shape index (κ3) is 4.40. The third-order valence-corrected chi connectivity index (χ3v) is 3.58. The van der Waals surface area contributed by atoms with Gasteiger partial charge >= 0.3 is 0 Å². The molecule has 0 spiro atoms. The van der Waals surface area contributed by atoms with Gasteiger partial charge in [0.1, 0.15) is 0 Å². The van der Waals surface area contributed by atoms with Crippen LogP contribution in [0.3, 0.4) is 0 Å². The topological polar surface area (TPSA) is 24.5 Å². The largest absolute Gasteiger partial charge is 0.381 e. The Hall–Kier alpha value is -0.120. The number of hydrogen-bond donors (Lipinski definition) is 1. The molecule has 3 nitrogen and oxygen atoms in total. The minimum absolute atomic E-state index is 0.734. The molecule has 1 saturated heterocycles. The van der Waals surface area contributed by atoms with Crippen LogP contribution >= 0.6 is 0 Å². The molecule has 0 radical (unpaired) electrons. The van der Waals surface area contributed by atoms with Crippen LogP contribution in [0.25, 0.3) is 0 Å². The molecule has 2 aliphatic rings. The molecule has 94 valence electrons. The van der Waals surface area contributed by atoms with E-state index in [1.165, 1.54) is 45.3 Å². The zero-order valence-corrected chi connectivity index (χ0v) is 10.6. The van der Waals surface area contributed by atoms with E-state index in [-0.39, 0.29) is 0 Å². The van der Waals surface area contributed by atoms with E-state index in [1.54, 1.807) is 0 Å². The summed E-state index contributed by atoms with van der Waals surface area (Å²) < 4.78 is 5.65. The van der Waals surface area contributed by atoms with E-state index < -0.39 is 0 Å². The molecule has 0 bridgehead atoms. The van der Waals surface area contributed by atoms with Crippen LogP contribution in [0.4, 0.5) is 0 Å². The van der Waals surface area contributed by atoms with Gasteiger partial charge in [-0.3, -0.25) is 0 Å². The van der Waals surface area contributed by atoms with Crippen LogP contribution < -0.4 is 5.32 Å². The Labute approximate surface area is 99.5 Å². The fourth-order valence-electron chi connectivity index (χ4n) is 2.42. The van der Waals surface area contributed by atoms with Gasteiger partial charge in [-0.25, -0.2) is 0 Å². The smallest absolute Gasteiger partial charge is 0.0494 e. The van der Waals surface area contributed by atoms with E-state index in [2.05, 4.69) is 17.1 Å². The van der Waals surface area contributed by atoms with Gasteiger partial charge in [-0.1, -0.05) is 6.92 Å². The highest BCUT2D eigenvalue weighted by atomic mass is 16.5. The Balaban J connectivity index is 1.43. The lowest BCUT2D eigenvalue weighted by atomic mass is 10.3. The van der Waals surface area contributed by atoms with E-state index in [1.807, 2.05) is 0 Å². The Morgan fingerprint density at radius 3 is 2.94 bits per heavy atom. The summed E-state index contributed by atoms with van der Waals surface area (Å²) in [4.78, 5) is 2.56. The van der Waals surface area contributed by atoms with E-state index in [0.717, 1.165) is 31.7 Å². The molecule has 1 unspecified atom stereocenters. The molecule has 2 rings (SSSR count). The average Bonchev–Trinajstić information content (AvgIpc) is 2.99. The van der Waals surface area contributed by atoms with Gasteiger partial charge in [-0.2, -0.15) is 0 Å². The molecule has 0 aromatic heterocycles. The Morgan fingerprint density at radius 1 is 1.31 bits per heavy atom. The van der Waals surface area contributed by atoms with Crippen molar-refractivity contribution in [3.05, 3.63) is 0 Å². The van der Waals surface area contributed by atoms with Crippen LogP contribution in [0.1, 0.15) is 32.6 Å². The summed E-state index contributed by atoms with van der Waals surface area (Å²) in [6, 6.07) is 0.734. The van der Waals surface area contributed by atoms with Crippen molar-refractivity contribution in [3.8, 4) is 0 Å². The first-order chi connectivity index (χ1) is 7.88. The summed E-state index contributed by atoms with van der Waals surface area (Å²) in [5.74, 6) is 0.907. The van der Waals surface area contributed by atoms with Gasteiger partial charge in [0.15, 0.2) is 0 Å². The van der Waals surface area contributed by atoms with Crippen molar-refractivity contribution in [1.82, 2.24) is 10.2 Å². The zero-order chi connectivity index (χ0) is 11.2. The molecule has 1 heterocycles. The fraction of sp³-hybridized carbons (Fsp3) is 1.00. The number of likely N-dealkylation sites (N-methyl/N-ethyl adjacent to an activating group) is 1. The fourth-order valence-corrected chi connectivity index (χ4v) is 2.42. The lowest BCUT2D eigenvalue weighted by Crippen LogP contribution is -2.32. The first kappa shape index (κ1) is 12.3. The van der Waals surface area contributed by atoms with Gasteiger partial charge in [0.2, 0.25) is 0 Å². The number of nitrogens with zero attached hydrogens (tertiary/aromatic N) is 1. The maximum Gasteiger partial charge on any atom is 0.0494 e. The quantitative estimate of drug-likeness (QED) is 0.635. The molecule has 1 aliphatic carbocycles. The Morgan fingerprint density at radius 2 is 2.19 bits per heavy atom. The first-order valence-corrected chi connectivity index (χ1v) is 6.92. The second-order valence-corrected chi connectivity index (χ2v) is 5.22. The molecular weight excluding hydrogens is 200 g/mol. The molecule has 2 fully saturated rings. The first-order valence-electron chi connectivity index (χ1n) is 6.92. The lowest BCUT2D eigenvalue weighted by molar-refractivity contribution is 0.114. The molecular formula is C13H26N2O. The molecule has 1 atom stereocenters.